The lowest BCUT2D eigenvalue weighted by Crippen LogP contribution is -2.28. The number of rotatable bonds is 7. The van der Waals surface area contributed by atoms with Gasteiger partial charge in [-0.3, -0.25) is 9.59 Å². The summed E-state index contributed by atoms with van der Waals surface area (Å²) in [5.74, 6) is -1.53. The summed E-state index contributed by atoms with van der Waals surface area (Å²) in [7, 11) is 2.49. The first-order valence-electron chi connectivity index (χ1n) is 6.79. The first-order valence-corrected chi connectivity index (χ1v) is 6.79. The minimum atomic E-state index is -1.28. The van der Waals surface area contributed by atoms with Crippen LogP contribution in [0.4, 0.5) is 4.39 Å². The molecule has 118 valence electrons. The van der Waals surface area contributed by atoms with Crippen molar-refractivity contribution in [3.63, 3.8) is 0 Å². The van der Waals surface area contributed by atoms with Crippen LogP contribution in [0.15, 0.2) is 24.3 Å². The van der Waals surface area contributed by atoms with Gasteiger partial charge in [-0.2, -0.15) is 5.26 Å². The topological polar surface area (TPSA) is 76.4 Å². The Labute approximate surface area is 128 Å². The van der Waals surface area contributed by atoms with Crippen molar-refractivity contribution in [1.29, 1.82) is 5.26 Å². The molecule has 0 N–H and O–H groups in total. The third-order valence-electron chi connectivity index (χ3n) is 3.57. The highest BCUT2D eigenvalue weighted by Gasteiger charge is 2.36. The van der Waals surface area contributed by atoms with E-state index in [2.05, 4.69) is 15.5 Å². The summed E-state index contributed by atoms with van der Waals surface area (Å²) >= 11 is 0. The molecule has 6 heteroatoms. The lowest BCUT2D eigenvalue weighted by molar-refractivity contribution is -0.141. The second-order valence-electron chi connectivity index (χ2n) is 4.83. The number of esters is 2. The molecule has 5 nitrogen and oxygen atoms in total. The quantitative estimate of drug-likeness (QED) is 0.723. The second kappa shape index (κ2) is 8.13. The average Bonchev–Trinajstić information content (AvgIpc) is 2.55. The third-order valence-corrected chi connectivity index (χ3v) is 3.57. The predicted molar refractivity (Wildman–Crippen MR) is 76.2 cm³/mol. The number of ether oxygens (including phenoxy) is 2. The highest BCUT2D eigenvalue weighted by atomic mass is 19.1. The molecule has 1 aromatic carbocycles. The van der Waals surface area contributed by atoms with E-state index in [4.69, 9.17) is 0 Å². The molecule has 0 saturated carbocycles. The van der Waals surface area contributed by atoms with Crippen molar-refractivity contribution >= 4 is 11.9 Å². The molecule has 0 aliphatic rings. The fraction of sp³-hybridized carbons (Fsp3) is 0.438. The van der Waals surface area contributed by atoms with E-state index in [-0.39, 0.29) is 31.2 Å². The lowest BCUT2D eigenvalue weighted by Gasteiger charge is -2.27. The van der Waals surface area contributed by atoms with E-state index < -0.39 is 23.2 Å². The number of halogens is 1. The van der Waals surface area contributed by atoms with Crippen molar-refractivity contribution in [1.82, 2.24) is 0 Å². The Morgan fingerprint density at radius 1 is 1.14 bits per heavy atom. The minimum absolute atomic E-state index is 0.0421. The Hall–Kier alpha value is -2.42. The van der Waals surface area contributed by atoms with Gasteiger partial charge in [0.1, 0.15) is 5.82 Å². The molecule has 0 unspecified atom stereocenters. The van der Waals surface area contributed by atoms with Crippen LogP contribution >= 0.6 is 0 Å². The van der Waals surface area contributed by atoms with E-state index in [0.717, 1.165) is 0 Å². The van der Waals surface area contributed by atoms with Gasteiger partial charge in [-0.15, -0.1) is 0 Å². The number of nitriles is 1. The van der Waals surface area contributed by atoms with Crippen LogP contribution in [-0.2, 0) is 24.5 Å². The van der Waals surface area contributed by atoms with E-state index in [1.165, 1.54) is 32.4 Å². The number of benzene rings is 1. The van der Waals surface area contributed by atoms with Crippen molar-refractivity contribution < 1.29 is 23.5 Å². The third kappa shape index (κ3) is 4.29. The maximum atomic E-state index is 14.1. The number of carbonyl (C=O) groups excluding carboxylic acids is 2. The van der Waals surface area contributed by atoms with Gasteiger partial charge in [0.05, 0.1) is 25.7 Å². The number of carbonyl (C=O) groups is 2. The largest absolute Gasteiger partial charge is 0.469 e. The van der Waals surface area contributed by atoms with Crippen molar-refractivity contribution in [2.75, 3.05) is 14.2 Å². The standard InChI is InChI=1S/C16H18FNO4/c1-21-14(19)7-9-16(11-18,10-8-15(20)22-2)12-5-3-4-6-13(12)17/h3-6H,7-10H2,1-2H3. The van der Waals surface area contributed by atoms with Crippen LogP contribution in [0, 0.1) is 17.1 Å². The maximum Gasteiger partial charge on any atom is 0.305 e. The van der Waals surface area contributed by atoms with Gasteiger partial charge in [0.25, 0.3) is 0 Å². The van der Waals surface area contributed by atoms with E-state index in [0.29, 0.717) is 0 Å². The zero-order valence-corrected chi connectivity index (χ0v) is 12.6. The molecule has 22 heavy (non-hydrogen) atoms. The minimum Gasteiger partial charge on any atom is -0.469 e. The lowest BCUT2D eigenvalue weighted by atomic mass is 9.74. The molecule has 0 aromatic heterocycles. The van der Waals surface area contributed by atoms with Gasteiger partial charge in [-0.1, -0.05) is 18.2 Å². The van der Waals surface area contributed by atoms with E-state index in [1.54, 1.807) is 6.07 Å². The molecule has 0 spiro atoms. The van der Waals surface area contributed by atoms with Gasteiger partial charge in [0.15, 0.2) is 0 Å². The molecule has 0 fully saturated rings. The van der Waals surface area contributed by atoms with E-state index in [9.17, 15) is 19.2 Å². The molecular formula is C16H18FNO4. The molecule has 0 aliphatic carbocycles. The number of methoxy groups -OCH3 is 2. The Morgan fingerprint density at radius 2 is 1.64 bits per heavy atom. The van der Waals surface area contributed by atoms with Gasteiger partial charge in [-0.05, 0) is 18.9 Å². The fourth-order valence-electron chi connectivity index (χ4n) is 2.25. The molecule has 0 aliphatic heterocycles. The first-order chi connectivity index (χ1) is 10.5. The predicted octanol–water partition coefficient (Wildman–Crippen LogP) is 2.49. The molecule has 0 heterocycles. The second-order valence-corrected chi connectivity index (χ2v) is 4.83. The SMILES string of the molecule is COC(=O)CCC(C#N)(CCC(=O)OC)c1ccccc1F. The molecule has 0 amide bonds. The van der Waals surface area contributed by atoms with Gasteiger partial charge >= 0.3 is 11.9 Å². The molecule has 0 atom stereocenters. The maximum absolute atomic E-state index is 14.1. The molecule has 0 bridgehead atoms. The van der Waals surface area contributed by atoms with E-state index >= 15 is 0 Å². The summed E-state index contributed by atoms with van der Waals surface area (Å²) in [4.78, 5) is 22.7. The number of nitrogens with zero attached hydrogens (tertiary/aromatic N) is 1. The van der Waals surface area contributed by atoms with Crippen molar-refractivity contribution in [2.24, 2.45) is 0 Å². The van der Waals surface area contributed by atoms with Gasteiger partial charge in [0, 0.05) is 18.4 Å². The van der Waals surface area contributed by atoms with Crippen molar-refractivity contribution in [3.05, 3.63) is 35.6 Å². The Morgan fingerprint density at radius 3 is 2.05 bits per heavy atom. The molecular weight excluding hydrogens is 289 g/mol. The van der Waals surface area contributed by atoms with Crippen LogP contribution < -0.4 is 0 Å². The zero-order chi connectivity index (χ0) is 16.6. The van der Waals surface area contributed by atoms with E-state index in [1.807, 2.05) is 0 Å². The van der Waals surface area contributed by atoms with Gasteiger partial charge < -0.3 is 9.47 Å². The van der Waals surface area contributed by atoms with Gasteiger partial charge in [-0.25, -0.2) is 4.39 Å². The summed E-state index contributed by atoms with van der Waals surface area (Å²) in [6.45, 7) is 0. The molecule has 0 radical (unpaired) electrons. The summed E-state index contributed by atoms with van der Waals surface area (Å²) in [5, 5.41) is 9.60. The zero-order valence-electron chi connectivity index (χ0n) is 12.6. The van der Waals surface area contributed by atoms with Crippen molar-refractivity contribution in [2.45, 2.75) is 31.1 Å². The van der Waals surface area contributed by atoms with Crippen LogP contribution in [0.3, 0.4) is 0 Å². The van der Waals surface area contributed by atoms with Crippen LogP contribution in [-0.4, -0.2) is 26.2 Å². The number of hydrogen-bond donors (Lipinski definition) is 0. The highest BCUT2D eigenvalue weighted by Crippen LogP contribution is 2.35. The summed E-state index contributed by atoms with van der Waals surface area (Å²) in [5.41, 5.74) is -1.11. The Balaban J connectivity index is 3.11. The Bertz CT molecular complexity index is 560. The van der Waals surface area contributed by atoms with Crippen LogP contribution in [0.25, 0.3) is 0 Å². The first kappa shape index (κ1) is 17.6. The van der Waals surface area contributed by atoms with Crippen molar-refractivity contribution in [3.8, 4) is 6.07 Å². The Kier molecular flexibility index (Phi) is 6.51. The van der Waals surface area contributed by atoms with Gasteiger partial charge in [0.2, 0.25) is 0 Å². The smallest absolute Gasteiger partial charge is 0.305 e. The summed E-state index contributed by atoms with van der Waals surface area (Å²) in [6.07, 6.45) is 0.0430. The highest BCUT2D eigenvalue weighted by molar-refractivity contribution is 5.70. The van der Waals surface area contributed by atoms with Crippen LogP contribution in [0.5, 0.6) is 0 Å². The molecule has 1 rings (SSSR count). The normalized spacial score (nSPS) is 10.6. The molecule has 1 aromatic rings. The monoisotopic (exact) mass is 307 g/mol. The van der Waals surface area contributed by atoms with Crippen LogP contribution in [0.2, 0.25) is 0 Å². The number of hydrogen-bond acceptors (Lipinski definition) is 5. The summed E-state index contributed by atoms with van der Waals surface area (Å²) in [6, 6.07) is 7.94. The average molecular weight is 307 g/mol. The van der Waals surface area contributed by atoms with Crippen LogP contribution in [0.1, 0.15) is 31.2 Å². The molecule has 0 saturated heterocycles. The summed E-state index contributed by atoms with van der Waals surface area (Å²) < 4.78 is 23.2. The fourth-order valence-corrected chi connectivity index (χ4v) is 2.25.